The lowest BCUT2D eigenvalue weighted by atomic mass is 10.1. The molecular weight excluding hydrogens is 315 g/mol. The van der Waals surface area contributed by atoms with Gasteiger partial charge in [0.2, 0.25) is 5.88 Å². The Bertz CT molecular complexity index is 951. The van der Waals surface area contributed by atoms with E-state index in [0.29, 0.717) is 11.3 Å². The molecule has 0 saturated carbocycles. The minimum Gasteiger partial charge on any atom is -0.481 e. The minimum absolute atomic E-state index is 0.0888. The summed E-state index contributed by atoms with van der Waals surface area (Å²) in [6.07, 6.45) is 1.57. The Hall–Kier alpha value is -3.22. The lowest BCUT2D eigenvalue weighted by Crippen LogP contribution is -2.24. The summed E-state index contributed by atoms with van der Waals surface area (Å²) in [7, 11) is 1.51. The Kier molecular flexibility index (Phi) is 4.24. The van der Waals surface area contributed by atoms with Gasteiger partial charge in [-0.3, -0.25) is 4.79 Å². The largest absolute Gasteiger partial charge is 0.481 e. The number of hydrogen-bond acceptors (Lipinski definition) is 5. The van der Waals surface area contributed by atoms with Crippen molar-refractivity contribution in [1.29, 1.82) is 0 Å². The van der Waals surface area contributed by atoms with Crippen LogP contribution in [0.2, 0.25) is 0 Å². The van der Waals surface area contributed by atoms with Gasteiger partial charge >= 0.3 is 5.63 Å². The van der Waals surface area contributed by atoms with Gasteiger partial charge < -0.3 is 14.5 Å². The van der Waals surface area contributed by atoms with Gasteiger partial charge in [0.1, 0.15) is 5.82 Å². The maximum Gasteiger partial charge on any atom is 0.344 e. The Balaban J connectivity index is 1.78. The molecule has 0 unspecified atom stereocenters. The van der Waals surface area contributed by atoms with Crippen molar-refractivity contribution in [2.24, 2.45) is 0 Å². The molecule has 0 aliphatic rings. The van der Waals surface area contributed by atoms with E-state index in [1.165, 1.54) is 25.3 Å². The fourth-order valence-corrected chi connectivity index (χ4v) is 2.17. The second-order valence-corrected chi connectivity index (χ2v) is 5.02. The first-order chi connectivity index (χ1) is 11.6. The normalized spacial score (nSPS) is 10.6. The predicted molar refractivity (Wildman–Crippen MR) is 84.4 cm³/mol. The number of nitrogens with zero attached hydrogens (tertiary/aromatic N) is 1. The van der Waals surface area contributed by atoms with E-state index in [9.17, 15) is 14.0 Å². The highest BCUT2D eigenvalue weighted by atomic mass is 19.1. The average Bonchev–Trinajstić information content (AvgIpc) is 2.60. The van der Waals surface area contributed by atoms with E-state index in [2.05, 4.69) is 10.3 Å². The third-order valence-electron chi connectivity index (χ3n) is 3.41. The molecular formula is C17H13FN2O4. The molecule has 0 aliphatic carbocycles. The summed E-state index contributed by atoms with van der Waals surface area (Å²) in [5, 5.41) is 3.15. The third kappa shape index (κ3) is 3.24. The van der Waals surface area contributed by atoms with Crippen molar-refractivity contribution in [3.63, 3.8) is 0 Å². The van der Waals surface area contributed by atoms with Gasteiger partial charge in [0.15, 0.2) is 5.76 Å². The number of nitrogens with one attached hydrogen (secondary N) is 1. The molecule has 0 saturated heterocycles. The van der Waals surface area contributed by atoms with E-state index < -0.39 is 17.3 Å². The van der Waals surface area contributed by atoms with Crippen LogP contribution < -0.4 is 15.7 Å². The molecule has 2 heterocycles. The summed E-state index contributed by atoms with van der Waals surface area (Å²) in [4.78, 5) is 28.0. The molecule has 24 heavy (non-hydrogen) atoms. The number of ether oxygens (including phenoxy) is 1. The summed E-state index contributed by atoms with van der Waals surface area (Å²) >= 11 is 0. The first-order valence-corrected chi connectivity index (χ1v) is 7.07. The SMILES string of the molecule is COc1ccc(CNC(=O)c2cc3ccc(F)cc3c(=O)o2)cn1. The average molecular weight is 328 g/mol. The summed E-state index contributed by atoms with van der Waals surface area (Å²) in [6, 6.07) is 8.54. The number of pyridine rings is 1. The monoisotopic (exact) mass is 328 g/mol. The molecule has 1 aromatic carbocycles. The Morgan fingerprint density at radius 2 is 2.12 bits per heavy atom. The number of methoxy groups -OCH3 is 1. The van der Waals surface area contributed by atoms with Crippen LogP contribution in [0.5, 0.6) is 5.88 Å². The highest BCUT2D eigenvalue weighted by molar-refractivity contribution is 5.95. The molecule has 122 valence electrons. The number of carbonyl (C=O) groups excluding carboxylic acids is 1. The summed E-state index contributed by atoms with van der Waals surface area (Å²) in [5.41, 5.74) is -0.00220. The fourth-order valence-electron chi connectivity index (χ4n) is 2.17. The van der Waals surface area contributed by atoms with Crippen LogP contribution in [0.3, 0.4) is 0 Å². The highest BCUT2D eigenvalue weighted by Gasteiger charge is 2.12. The van der Waals surface area contributed by atoms with Crippen molar-refractivity contribution in [1.82, 2.24) is 10.3 Å². The van der Waals surface area contributed by atoms with E-state index in [-0.39, 0.29) is 17.7 Å². The molecule has 0 aliphatic heterocycles. The molecule has 3 aromatic rings. The van der Waals surface area contributed by atoms with E-state index in [0.717, 1.165) is 11.6 Å². The van der Waals surface area contributed by atoms with Crippen LogP contribution in [0.4, 0.5) is 4.39 Å². The predicted octanol–water partition coefficient (Wildman–Crippen LogP) is 2.27. The number of halogens is 1. The highest BCUT2D eigenvalue weighted by Crippen LogP contribution is 2.14. The lowest BCUT2D eigenvalue weighted by Gasteiger charge is -2.06. The summed E-state index contributed by atoms with van der Waals surface area (Å²) in [5.74, 6) is -0.758. The van der Waals surface area contributed by atoms with E-state index >= 15 is 0 Å². The molecule has 0 radical (unpaired) electrons. The van der Waals surface area contributed by atoms with E-state index in [1.54, 1.807) is 18.3 Å². The molecule has 0 fully saturated rings. The number of carbonyl (C=O) groups is 1. The first kappa shape index (κ1) is 15.7. The minimum atomic E-state index is -0.761. The van der Waals surface area contributed by atoms with Gasteiger partial charge in [-0.1, -0.05) is 12.1 Å². The Labute approximate surface area is 135 Å². The molecule has 0 spiro atoms. The standard InChI is InChI=1S/C17H13FN2O4/c1-23-15-5-2-10(8-19-15)9-20-16(21)14-6-11-3-4-12(18)7-13(11)17(22)24-14/h2-8H,9H2,1H3,(H,20,21). The second-order valence-electron chi connectivity index (χ2n) is 5.02. The van der Waals surface area contributed by atoms with Gasteiger partial charge in [-0.15, -0.1) is 0 Å². The zero-order chi connectivity index (χ0) is 17.1. The smallest absolute Gasteiger partial charge is 0.344 e. The number of rotatable bonds is 4. The van der Waals surface area contributed by atoms with Gasteiger partial charge in [0.25, 0.3) is 5.91 Å². The zero-order valence-electron chi connectivity index (χ0n) is 12.7. The molecule has 3 rings (SSSR count). The number of benzene rings is 1. The number of fused-ring (bicyclic) bond motifs is 1. The van der Waals surface area contributed by atoms with Gasteiger partial charge in [-0.2, -0.15) is 0 Å². The molecule has 0 atom stereocenters. The lowest BCUT2D eigenvalue weighted by molar-refractivity contribution is 0.0919. The second kappa shape index (κ2) is 6.49. The topological polar surface area (TPSA) is 81.4 Å². The van der Waals surface area contributed by atoms with E-state index in [4.69, 9.17) is 9.15 Å². The number of aromatic nitrogens is 1. The zero-order valence-corrected chi connectivity index (χ0v) is 12.7. The summed E-state index contributed by atoms with van der Waals surface area (Å²) < 4.78 is 23.1. The molecule has 2 aromatic heterocycles. The van der Waals surface area contributed by atoms with Crippen LogP contribution in [0.15, 0.2) is 51.8 Å². The van der Waals surface area contributed by atoms with Gasteiger partial charge in [0.05, 0.1) is 12.5 Å². The molecule has 7 heteroatoms. The van der Waals surface area contributed by atoms with Crippen LogP contribution >= 0.6 is 0 Å². The van der Waals surface area contributed by atoms with Crippen molar-refractivity contribution >= 4 is 16.7 Å². The van der Waals surface area contributed by atoms with Crippen molar-refractivity contribution in [3.05, 3.63) is 70.2 Å². The van der Waals surface area contributed by atoms with Gasteiger partial charge in [-0.25, -0.2) is 14.2 Å². The van der Waals surface area contributed by atoms with Crippen LogP contribution in [-0.2, 0) is 6.54 Å². The number of amides is 1. The first-order valence-electron chi connectivity index (χ1n) is 7.07. The van der Waals surface area contributed by atoms with Crippen LogP contribution in [0.1, 0.15) is 16.1 Å². The Morgan fingerprint density at radius 3 is 2.83 bits per heavy atom. The van der Waals surface area contributed by atoms with E-state index in [1.807, 2.05) is 0 Å². The maximum absolute atomic E-state index is 13.2. The van der Waals surface area contributed by atoms with Crippen molar-refractivity contribution in [2.75, 3.05) is 7.11 Å². The molecule has 6 nitrogen and oxygen atoms in total. The molecule has 0 bridgehead atoms. The summed E-state index contributed by atoms with van der Waals surface area (Å²) in [6.45, 7) is 0.209. The van der Waals surface area contributed by atoms with Crippen LogP contribution in [0, 0.1) is 5.82 Å². The van der Waals surface area contributed by atoms with Crippen LogP contribution in [0.25, 0.3) is 10.8 Å². The van der Waals surface area contributed by atoms with Crippen LogP contribution in [-0.4, -0.2) is 18.0 Å². The maximum atomic E-state index is 13.2. The molecule has 1 N–H and O–H groups in total. The van der Waals surface area contributed by atoms with Crippen molar-refractivity contribution in [2.45, 2.75) is 6.54 Å². The quantitative estimate of drug-likeness (QED) is 0.794. The molecule has 1 amide bonds. The van der Waals surface area contributed by atoms with Gasteiger partial charge in [0, 0.05) is 18.8 Å². The van der Waals surface area contributed by atoms with Crippen molar-refractivity contribution < 1.29 is 18.3 Å². The third-order valence-corrected chi connectivity index (χ3v) is 3.41. The number of hydrogen-bond donors (Lipinski definition) is 1. The van der Waals surface area contributed by atoms with Gasteiger partial charge in [-0.05, 0) is 29.1 Å². The van der Waals surface area contributed by atoms with Crippen molar-refractivity contribution in [3.8, 4) is 5.88 Å². The Morgan fingerprint density at radius 1 is 1.29 bits per heavy atom. The fraction of sp³-hybridized carbons (Fsp3) is 0.118.